The third kappa shape index (κ3) is 2.85. The van der Waals surface area contributed by atoms with E-state index in [-0.39, 0.29) is 23.6 Å². The van der Waals surface area contributed by atoms with Crippen molar-refractivity contribution >= 4 is 21.8 Å². The van der Waals surface area contributed by atoms with Crippen molar-refractivity contribution in [1.29, 1.82) is 0 Å². The Labute approximate surface area is 130 Å². The van der Waals surface area contributed by atoms with E-state index in [4.69, 9.17) is 0 Å². The van der Waals surface area contributed by atoms with Crippen molar-refractivity contribution in [3.05, 3.63) is 52.8 Å². The van der Waals surface area contributed by atoms with Crippen molar-refractivity contribution in [3.63, 3.8) is 0 Å². The summed E-state index contributed by atoms with van der Waals surface area (Å²) in [5, 5.41) is 2.96. The van der Waals surface area contributed by atoms with Crippen LogP contribution in [0.2, 0.25) is 0 Å². The molecule has 1 heterocycles. The summed E-state index contributed by atoms with van der Waals surface area (Å²) in [6, 6.07) is 4.71. The summed E-state index contributed by atoms with van der Waals surface area (Å²) in [5.74, 6) is -0.893. The second kappa shape index (κ2) is 5.97. The van der Waals surface area contributed by atoms with Crippen LogP contribution in [0.15, 0.2) is 41.4 Å². The highest BCUT2D eigenvalue weighted by atomic mass is 79.9. The lowest BCUT2D eigenvalue weighted by Crippen LogP contribution is -2.38. The number of aromatic nitrogens is 2. The van der Waals surface area contributed by atoms with Crippen LogP contribution in [0, 0.1) is 5.82 Å². The van der Waals surface area contributed by atoms with Crippen molar-refractivity contribution in [1.82, 2.24) is 14.9 Å². The number of carbonyl (C=O) groups is 1. The molecule has 1 amide bonds. The van der Waals surface area contributed by atoms with Gasteiger partial charge in [0.2, 0.25) is 0 Å². The zero-order valence-electron chi connectivity index (χ0n) is 11.3. The Morgan fingerprint density at radius 3 is 3.00 bits per heavy atom. The van der Waals surface area contributed by atoms with Crippen LogP contribution in [-0.2, 0) is 0 Å². The molecule has 0 aliphatic heterocycles. The predicted octanol–water partition coefficient (Wildman–Crippen LogP) is 3.31. The Kier molecular flexibility index (Phi) is 4.05. The number of hydrogen-bond acceptors (Lipinski definition) is 2. The minimum atomic E-state index is -0.515. The summed E-state index contributed by atoms with van der Waals surface area (Å²) in [6.45, 7) is 0. The van der Waals surface area contributed by atoms with E-state index >= 15 is 0 Å². The van der Waals surface area contributed by atoms with Gasteiger partial charge in [0.1, 0.15) is 5.82 Å². The lowest BCUT2D eigenvalue weighted by Gasteiger charge is -2.22. The van der Waals surface area contributed by atoms with E-state index in [0.29, 0.717) is 4.47 Å². The minimum Gasteiger partial charge on any atom is -0.347 e. The first-order valence-electron chi connectivity index (χ1n) is 6.89. The van der Waals surface area contributed by atoms with Crippen LogP contribution in [0.3, 0.4) is 0 Å². The highest BCUT2D eigenvalue weighted by molar-refractivity contribution is 9.10. The Morgan fingerprint density at radius 2 is 2.29 bits per heavy atom. The molecule has 21 heavy (non-hydrogen) atoms. The van der Waals surface area contributed by atoms with Gasteiger partial charge in [-0.2, -0.15) is 0 Å². The average Bonchev–Trinajstić information content (AvgIpc) is 3.08. The topological polar surface area (TPSA) is 46.9 Å². The largest absolute Gasteiger partial charge is 0.347 e. The third-order valence-electron chi connectivity index (χ3n) is 3.89. The van der Waals surface area contributed by atoms with Gasteiger partial charge in [-0.1, -0.05) is 6.07 Å². The van der Waals surface area contributed by atoms with E-state index in [1.165, 1.54) is 6.07 Å². The van der Waals surface area contributed by atoms with Gasteiger partial charge in [-0.25, -0.2) is 9.37 Å². The molecule has 0 spiro atoms. The van der Waals surface area contributed by atoms with E-state index in [2.05, 4.69) is 26.2 Å². The second-order valence-corrected chi connectivity index (χ2v) is 6.04. The Bertz CT molecular complexity index is 624. The van der Waals surface area contributed by atoms with Crippen molar-refractivity contribution < 1.29 is 9.18 Å². The first-order chi connectivity index (χ1) is 10.2. The molecule has 1 saturated carbocycles. The summed E-state index contributed by atoms with van der Waals surface area (Å²) in [6.07, 6.45) is 8.29. The fraction of sp³-hybridized carbons (Fsp3) is 0.333. The molecule has 3 rings (SSSR count). The van der Waals surface area contributed by atoms with Crippen LogP contribution >= 0.6 is 15.9 Å². The molecule has 4 nitrogen and oxygen atoms in total. The number of nitrogens with one attached hydrogen (secondary N) is 1. The summed E-state index contributed by atoms with van der Waals surface area (Å²) in [7, 11) is 0. The van der Waals surface area contributed by atoms with Gasteiger partial charge < -0.3 is 9.88 Å². The van der Waals surface area contributed by atoms with Gasteiger partial charge >= 0.3 is 0 Å². The molecular weight excluding hydrogens is 337 g/mol. The first-order valence-corrected chi connectivity index (χ1v) is 7.68. The van der Waals surface area contributed by atoms with Crippen LogP contribution in [0.4, 0.5) is 4.39 Å². The molecule has 1 aromatic carbocycles. The van der Waals surface area contributed by atoms with E-state index < -0.39 is 5.82 Å². The summed E-state index contributed by atoms with van der Waals surface area (Å²) >= 11 is 3.23. The molecule has 6 heteroatoms. The van der Waals surface area contributed by atoms with E-state index in [0.717, 1.165) is 19.3 Å². The van der Waals surface area contributed by atoms with E-state index in [9.17, 15) is 9.18 Å². The number of rotatable bonds is 3. The number of imidazole rings is 1. The Morgan fingerprint density at radius 1 is 1.43 bits per heavy atom. The normalized spacial score (nSPS) is 21.4. The van der Waals surface area contributed by atoms with E-state index in [1.807, 2.05) is 10.8 Å². The summed E-state index contributed by atoms with van der Waals surface area (Å²) in [4.78, 5) is 16.4. The van der Waals surface area contributed by atoms with Gasteiger partial charge in [0.15, 0.2) is 0 Å². The average molecular weight is 352 g/mol. The van der Waals surface area contributed by atoms with Crippen molar-refractivity contribution in [2.24, 2.45) is 0 Å². The summed E-state index contributed by atoms with van der Waals surface area (Å²) < 4.78 is 16.3. The molecule has 0 radical (unpaired) electrons. The Hall–Kier alpha value is -1.69. The molecule has 1 fully saturated rings. The fourth-order valence-electron chi connectivity index (χ4n) is 2.89. The van der Waals surface area contributed by atoms with Crippen molar-refractivity contribution in [2.45, 2.75) is 31.3 Å². The number of hydrogen-bond donors (Lipinski definition) is 1. The first kappa shape index (κ1) is 14.3. The molecule has 0 bridgehead atoms. The maximum atomic E-state index is 13.8. The quantitative estimate of drug-likeness (QED) is 0.921. The molecule has 1 aromatic heterocycles. The lowest BCUT2D eigenvalue weighted by molar-refractivity contribution is 0.0924. The third-order valence-corrected chi connectivity index (χ3v) is 4.55. The highest BCUT2D eigenvalue weighted by Gasteiger charge is 2.30. The van der Waals surface area contributed by atoms with Crippen LogP contribution in [-0.4, -0.2) is 21.5 Å². The molecule has 0 saturated heterocycles. The number of carbonyl (C=O) groups excluding carboxylic acids is 1. The van der Waals surface area contributed by atoms with Crippen molar-refractivity contribution in [2.75, 3.05) is 0 Å². The Balaban J connectivity index is 1.78. The van der Waals surface area contributed by atoms with Gasteiger partial charge in [0.05, 0.1) is 17.9 Å². The van der Waals surface area contributed by atoms with E-state index in [1.54, 1.807) is 24.7 Å². The maximum Gasteiger partial charge on any atom is 0.255 e. The molecule has 2 atom stereocenters. The van der Waals surface area contributed by atoms with Gasteiger partial charge in [-0.05, 0) is 47.3 Å². The SMILES string of the molecule is O=C(NC1CCCC1n1ccnc1)c1c(F)cccc1Br. The van der Waals surface area contributed by atoms with Gasteiger partial charge in [-0.3, -0.25) is 4.79 Å². The number of benzene rings is 1. The zero-order chi connectivity index (χ0) is 14.8. The molecule has 2 aromatic rings. The lowest BCUT2D eigenvalue weighted by atomic mass is 10.1. The number of amides is 1. The van der Waals surface area contributed by atoms with Crippen molar-refractivity contribution in [3.8, 4) is 0 Å². The van der Waals surface area contributed by atoms with Crippen LogP contribution < -0.4 is 5.32 Å². The predicted molar refractivity (Wildman–Crippen MR) is 80.5 cm³/mol. The molecule has 1 N–H and O–H groups in total. The second-order valence-electron chi connectivity index (χ2n) is 5.18. The van der Waals surface area contributed by atoms with Gasteiger partial charge in [0.25, 0.3) is 5.91 Å². The van der Waals surface area contributed by atoms with Crippen LogP contribution in [0.5, 0.6) is 0 Å². The molecule has 110 valence electrons. The summed E-state index contributed by atoms with van der Waals surface area (Å²) in [5.41, 5.74) is 0.0637. The zero-order valence-corrected chi connectivity index (χ0v) is 12.9. The van der Waals surface area contributed by atoms with Crippen LogP contribution in [0.25, 0.3) is 0 Å². The molecule has 2 unspecified atom stereocenters. The maximum absolute atomic E-state index is 13.8. The standard InChI is InChI=1S/C15H15BrFN3O/c16-10-3-1-4-11(17)14(10)15(21)19-12-5-2-6-13(12)20-8-7-18-9-20/h1,3-4,7-9,12-13H,2,5-6H2,(H,19,21). The highest BCUT2D eigenvalue weighted by Crippen LogP contribution is 2.30. The monoisotopic (exact) mass is 351 g/mol. The number of halogens is 2. The van der Waals surface area contributed by atoms with Gasteiger partial charge in [-0.15, -0.1) is 0 Å². The van der Waals surface area contributed by atoms with Crippen LogP contribution in [0.1, 0.15) is 35.7 Å². The van der Waals surface area contributed by atoms with Gasteiger partial charge in [0, 0.05) is 22.9 Å². The smallest absolute Gasteiger partial charge is 0.255 e. The molecule has 1 aliphatic rings. The minimum absolute atomic E-state index is 0.00166. The molecule has 1 aliphatic carbocycles. The number of nitrogens with zero attached hydrogens (tertiary/aromatic N) is 2. The fourth-order valence-corrected chi connectivity index (χ4v) is 3.41. The molecular formula is C15H15BrFN3O.